The van der Waals surface area contributed by atoms with E-state index < -0.39 is 5.92 Å². The third-order valence-electron chi connectivity index (χ3n) is 6.24. The normalized spacial score (nSPS) is 20.6. The zero-order valence-corrected chi connectivity index (χ0v) is 17.3. The number of nitrogens with zero attached hydrogens (tertiary/aromatic N) is 2. The van der Waals surface area contributed by atoms with Crippen molar-refractivity contribution in [3.8, 4) is 0 Å². The van der Waals surface area contributed by atoms with Gasteiger partial charge in [0.15, 0.2) is 0 Å². The molecule has 3 aromatic rings. The lowest BCUT2D eigenvalue weighted by Gasteiger charge is -2.31. The fourth-order valence-electron chi connectivity index (χ4n) is 4.64. The van der Waals surface area contributed by atoms with Crippen molar-refractivity contribution >= 4 is 18.0 Å². The molecule has 0 saturated heterocycles. The number of amides is 2. The van der Waals surface area contributed by atoms with E-state index in [0.717, 1.165) is 30.4 Å². The minimum Gasteiger partial charge on any atom is -0.288 e. The lowest BCUT2D eigenvalue weighted by atomic mass is 9.87. The molecule has 1 heterocycles. The van der Waals surface area contributed by atoms with Crippen molar-refractivity contribution < 1.29 is 9.59 Å². The van der Waals surface area contributed by atoms with E-state index in [2.05, 4.69) is 18.2 Å². The molecule has 0 unspecified atom stereocenters. The van der Waals surface area contributed by atoms with Crippen molar-refractivity contribution in [2.24, 2.45) is 4.99 Å². The Morgan fingerprint density at radius 2 is 1.58 bits per heavy atom. The molecule has 2 atom stereocenters. The third kappa shape index (κ3) is 3.70. The van der Waals surface area contributed by atoms with E-state index in [1.807, 2.05) is 54.6 Å². The van der Waals surface area contributed by atoms with Crippen LogP contribution in [0.15, 0.2) is 83.9 Å². The Bertz CT molecular complexity index is 1150. The number of benzene rings is 3. The van der Waals surface area contributed by atoms with E-state index >= 15 is 0 Å². The van der Waals surface area contributed by atoms with E-state index in [9.17, 15) is 9.59 Å². The van der Waals surface area contributed by atoms with Gasteiger partial charge in [-0.3, -0.25) is 19.5 Å². The number of hydrogen-bond acceptors (Lipinski definition) is 3. The van der Waals surface area contributed by atoms with Gasteiger partial charge in [0.1, 0.15) is 0 Å². The molecule has 5 rings (SSSR count). The number of hydrogen-bond donors (Lipinski definition) is 0. The van der Waals surface area contributed by atoms with Gasteiger partial charge in [0.05, 0.1) is 18.5 Å². The lowest BCUT2D eigenvalue weighted by Crippen LogP contribution is -2.44. The monoisotopic (exact) mass is 408 g/mol. The number of carbonyl (C=O) groups excluding carboxylic acids is 2. The van der Waals surface area contributed by atoms with Crippen molar-refractivity contribution in [1.29, 1.82) is 0 Å². The number of carbonyl (C=O) groups is 2. The average molecular weight is 409 g/mol. The molecule has 1 aliphatic heterocycles. The topological polar surface area (TPSA) is 49.7 Å². The first-order valence-corrected chi connectivity index (χ1v) is 10.8. The molecule has 4 heteroatoms. The molecule has 0 radical (unpaired) electrons. The zero-order valence-electron chi connectivity index (χ0n) is 17.3. The van der Waals surface area contributed by atoms with Gasteiger partial charge in [-0.15, -0.1) is 0 Å². The maximum atomic E-state index is 13.4. The molecule has 4 nitrogen and oxygen atoms in total. The lowest BCUT2D eigenvalue weighted by molar-refractivity contribution is -0.129. The molecule has 2 amide bonds. The zero-order chi connectivity index (χ0) is 21.2. The first-order valence-electron chi connectivity index (χ1n) is 10.8. The molecular formula is C27H24N2O2. The highest BCUT2D eigenvalue weighted by Crippen LogP contribution is 2.34. The third-order valence-corrected chi connectivity index (χ3v) is 6.24. The first-order chi connectivity index (χ1) is 15.2. The minimum atomic E-state index is -0.549. The summed E-state index contributed by atoms with van der Waals surface area (Å²) in [5.74, 6) is -0.996. The summed E-state index contributed by atoms with van der Waals surface area (Å²) in [6, 6.07) is 25.5. The standard InChI is InChI=1S/C27H24N2O2/c30-26-23-15-7-6-14-22(23)24(27(31)29(26)18-19-9-2-1-3-10-19)17-28-25-16-8-12-20-11-4-5-13-21(20)25/h1-7,9-11,13-15,17,24-25H,8,12,16,18H2/t24-,25-/m0/s1. The molecule has 31 heavy (non-hydrogen) atoms. The van der Waals surface area contributed by atoms with Crippen molar-refractivity contribution in [3.63, 3.8) is 0 Å². The number of imide groups is 1. The molecule has 0 fully saturated rings. The van der Waals surface area contributed by atoms with Gasteiger partial charge in [-0.1, -0.05) is 72.8 Å². The van der Waals surface area contributed by atoms with Crippen LogP contribution >= 0.6 is 0 Å². The largest absolute Gasteiger partial charge is 0.288 e. The van der Waals surface area contributed by atoms with Crippen LogP contribution in [0, 0.1) is 0 Å². The van der Waals surface area contributed by atoms with E-state index in [-0.39, 0.29) is 24.4 Å². The maximum absolute atomic E-state index is 13.4. The van der Waals surface area contributed by atoms with Crippen molar-refractivity contribution in [2.45, 2.75) is 37.8 Å². The van der Waals surface area contributed by atoms with Crippen molar-refractivity contribution in [2.75, 3.05) is 0 Å². The summed E-state index contributed by atoms with van der Waals surface area (Å²) in [6.45, 7) is 0.267. The van der Waals surface area contributed by atoms with Crippen LogP contribution in [0.25, 0.3) is 0 Å². The average Bonchev–Trinajstić information content (AvgIpc) is 2.82. The van der Waals surface area contributed by atoms with Gasteiger partial charge in [-0.2, -0.15) is 0 Å². The summed E-state index contributed by atoms with van der Waals surface area (Å²) in [4.78, 5) is 32.8. The Labute approximate surface area is 182 Å². The fourth-order valence-corrected chi connectivity index (χ4v) is 4.64. The van der Waals surface area contributed by atoms with Crippen molar-refractivity contribution in [3.05, 3.63) is 107 Å². The molecule has 0 spiro atoms. The van der Waals surface area contributed by atoms with Gasteiger partial charge in [0, 0.05) is 11.8 Å². The van der Waals surface area contributed by atoms with Gasteiger partial charge in [0.25, 0.3) is 5.91 Å². The van der Waals surface area contributed by atoms with E-state index in [1.165, 1.54) is 16.0 Å². The second-order valence-corrected chi connectivity index (χ2v) is 8.19. The Kier molecular flexibility index (Phi) is 5.21. The van der Waals surface area contributed by atoms with Crippen LogP contribution in [-0.2, 0) is 17.8 Å². The molecule has 0 saturated carbocycles. The Morgan fingerprint density at radius 3 is 2.42 bits per heavy atom. The molecule has 0 bridgehead atoms. The number of aryl methyl sites for hydroxylation is 1. The SMILES string of the molecule is O=C1c2ccccc2[C@H](C=N[C@H]2CCCc3ccccc32)C(=O)N1Cc1ccccc1. The first kappa shape index (κ1) is 19.4. The molecule has 0 N–H and O–H groups in total. The van der Waals surface area contributed by atoms with Crippen LogP contribution in [0.1, 0.15) is 57.4 Å². The Morgan fingerprint density at radius 1 is 0.871 bits per heavy atom. The van der Waals surface area contributed by atoms with Crippen LogP contribution in [0.3, 0.4) is 0 Å². The van der Waals surface area contributed by atoms with Crippen molar-refractivity contribution in [1.82, 2.24) is 4.90 Å². The number of rotatable bonds is 4. The second-order valence-electron chi connectivity index (χ2n) is 8.19. The van der Waals surface area contributed by atoms with Gasteiger partial charge < -0.3 is 0 Å². The number of aliphatic imine (C=N–C) groups is 1. The molecule has 1 aliphatic carbocycles. The summed E-state index contributed by atoms with van der Waals surface area (Å²) in [5, 5.41) is 0. The summed E-state index contributed by atoms with van der Waals surface area (Å²) >= 11 is 0. The van der Waals surface area contributed by atoms with E-state index in [1.54, 1.807) is 12.3 Å². The summed E-state index contributed by atoms with van der Waals surface area (Å²) < 4.78 is 0. The summed E-state index contributed by atoms with van der Waals surface area (Å²) in [6.07, 6.45) is 4.92. The van der Waals surface area contributed by atoms with Crippen LogP contribution in [0.5, 0.6) is 0 Å². The highest BCUT2D eigenvalue weighted by atomic mass is 16.2. The maximum Gasteiger partial charge on any atom is 0.261 e. The van der Waals surface area contributed by atoms with Crippen LogP contribution in [0.2, 0.25) is 0 Å². The van der Waals surface area contributed by atoms with Gasteiger partial charge in [-0.05, 0) is 47.6 Å². The molecule has 3 aromatic carbocycles. The summed E-state index contributed by atoms with van der Waals surface area (Å²) in [7, 11) is 0. The van der Waals surface area contributed by atoms with Gasteiger partial charge >= 0.3 is 0 Å². The predicted molar refractivity (Wildman–Crippen MR) is 121 cm³/mol. The second kappa shape index (κ2) is 8.31. The predicted octanol–water partition coefficient (Wildman–Crippen LogP) is 5.10. The molecule has 2 aliphatic rings. The van der Waals surface area contributed by atoms with Crippen LogP contribution < -0.4 is 0 Å². The fraction of sp³-hybridized carbons (Fsp3) is 0.222. The molecule has 0 aromatic heterocycles. The summed E-state index contributed by atoms with van der Waals surface area (Å²) in [5.41, 5.74) is 4.85. The van der Waals surface area contributed by atoms with Gasteiger partial charge in [-0.25, -0.2) is 0 Å². The smallest absolute Gasteiger partial charge is 0.261 e. The van der Waals surface area contributed by atoms with Gasteiger partial charge in [0.2, 0.25) is 5.91 Å². The quantitative estimate of drug-likeness (QED) is 0.445. The number of fused-ring (bicyclic) bond motifs is 2. The van der Waals surface area contributed by atoms with Crippen LogP contribution in [0.4, 0.5) is 0 Å². The highest BCUT2D eigenvalue weighted by molar-refractivity contribution is 6.16. The highest BCUT2D eigenvalue weighted by Gasteiger charge is 2.38. The van der Waals surface area contributed by atoms with Crippen LogP contribution in [-0.4, -0.2) is 22.9 Å². The Hall–Kier alpha value is -3.53. The molecule has 154 valence electrons. The Balaban J connectivity index is 1.49. The minimum absolute atomic E-state index is 0.0603. The molecular weight excluding hydrogens is 384 g/mol. The van der Waals surface area contributed by atoms with E-state index in [4.69, 9.17) is 4.99 Å². The van der Waals surface area contributed by atoms with E-state index in [0.29, 0.717) is 5.56 Å².